The zero-order valence-corrected chi connectivity index (χ0v) is 11.7. The number of benzene rings is 1. The molecule has 0 saturated carbocycles. The highest BCUT2D eigenvalue weighted by Gasteiger charge is 2.20. The minimum absolute atomic E-state index is 0.0420. The fourth-order valence-corrected chi connectivity index (χ4v) is 2.52. The second kappa shape index (κ2) is 6.29. The molecule has 1 aromatic heterocycles. The van der Waals surface area contributed by atoms with Gasteiger partial charge in [0.1, 0.15) is 5.69 Å². The minimum Gasteiger partial charge on any atom is -0.379 e. The van der Waals surface area contributed by atoms with Gasteiger partial charge in [-0.3, -0.25) is 14.9 Å². The Morgan fingerprint density at radius 1 is 1.50 bits per heavy atom. The van der Waals surface area contributed by atoms with E-state index in [0.29, 0.717) is 24.3 Å². The van der Waals surface area contributed by atoms with Gasteiger partial charge in [0.25, 0.3) is 0 Å². The Hall–Kier alpha value is -2.22. The molecular formula is C12H14N4O3S. The molecule has 0 atom stereocenters. The van der Waals surface area contributed by atoms with E-state index in [0.717, 1.165) is 4.70 Å². The number of hydrogen-bond acceptors (Lipinski definition) is 6. The van der Waals surface area contributed by atoms with Gasteiger partial charge in [-0.2, -0.15) is 0 Å². The molecule has 0 aliphatic rings. The van der Waals surface area contributed by atoms with Gasteiger partial charge in [0, 0.05) is 19.5 Å². The molecule has 0 fully saturated rings. The van der Waals surface area contributed by atoms with Gasteiger partial charge in [0.05, 0.1) is 15.1 Å². The average Bonchev–Trinajstić information content (AvgIpc) is 2.86. The quantitative estimate of drug-likeness (QED) is 0.628. The number of hydrogen-bond donors (Lipinski definition) is 2. The SMILES string of the molecule is CCNC(=O)CCNc1ccc2scnc2c1[N+](=O)[O-]. The van der Waals surface area contributed by atoms with Crippen molar-refractivity contribution in [2.75, 3.05) is 18.4 Å². The van der Waals surface area contributed by atoms with Crippen LogP contribution in [-0.2, 0) is 4.79 Å². The van der Waals surface area contributed by atoms with Gasteiger partial charge in [-0.25, -0.2) is 4.98 Å². The predicted molar refractivity (Wildman–Crippen MR) is 78.1 cm³/mol. The van der Waals surface area contributed by atoms with E-state index in [1.165, 1.54) is 11.3 Å². The number of carbonyl (C=O) groups is 1. The third kappa shape index (κ3) is 3.02. The second-order valence-corrected chi connectivity index (χ2v) is 4.93. The molecule has 0 bridgehead atoms. The summed E-state index contributed by atoms with van der Waals surface area (Å²) in [6.07, 6.45) is 0.264. The van der Waals surface area contributed by atoms with Crippen LogP contribution in [0.25, 0.3) is 10.2 Å². The summed E-state index contributed by atoms with van der Waals surface area (Å²) in [5.41, 5.74) is 2.30. The number of fused-ring (bicyclic) bond motifs is 1. The number of anilines is 1. The lowest BCUT2D eigenvalue weighted by Gasteiger charge is -2.07. The number of nitrogens with one attached hydrogen (secondary N) is 2. The minimum atomic E-state index is -0.448. The maximum Gasteiger partial charge on any atom is 0.319 e. The number of amides is 1. The van der Waals surface area contributed by atoms with Crippen LogP contribution in [-0.4, -0.2) is 28.9 Å². The van der Waals surface area contributed by atoms with Gasteiger partial charge in [-0.1, -0.05) is 0 Å². The first-order valence-corrected chi connectivity index (χ1v) is 7.02. The van der Waals surface area contributed by atoms with Crippen molar-refractivity contribution in [1.29, 1.82) is 0 Å². The van der Waals surface area contributed by atoms with E-state index in [9.17, 15) is 14.9 Å². The van der Waals surface area contributed by atoms with E-state index < -0.39 is 4.92 Å². The van der Waals surface area contributed by atoms with Crippen molar-refractivity contribution in [3.63, 3.8) is 0 Å². The van der Waals surface area contributed by atoms with Crippen LogP contribution >= 0.6 is 11.3 Å². The molecule has 106 valence electrons. The van der Waals surface area contributed by atoms with Crippen LogP contribution in [0, 0.1) is 10.1 Å². The molecule has 0 saturated heterocycles. The van der Waals surface area contributed by atoms with Crippen molar-refractivity contribution >= 4 is 38.8 Å². The van der Waals surface area contributed by atoms with Crippen molar-refractivity contribution in [1.82, 2.24) is 10.3 Å². The Bertz CT molecular complexity index is 641. The molecule has 8 heteroatoms. The number of thiazole rings is 1. The molecule has 2 N–H and O–H groups in total. The summed E-state index contributed by atoms with van der Waals surface area (Å²) in [5, 5.41) is 16.8. The molecule has 0 aliphatic heterocycles. The Kier molecular flexibility index (Phi) is 4.46. The number of aromatic nitrogens is 1. The molecule has 0 unspecified atom stereocenters. The second-order valence-electron chi connectivity index (χ2n) is 4.05. The lowest BCUT2D eigenvalue weighted by Crippen LogP contribution is -2.24. The monoisotopic (exact) mass is 294 g/mol. The highest BCUT2D eigenvalue weighted by molar-refractivity contribution is 7.16. The maximum atomic E-state index is 11.3. The van der Waals surface area contributed by atoms with Gasteiger partial charge < -0.3 is 10.6 Å². The molecule has 0 radical (unpaired) electrons. The first-order chi connectivity index (χ1) is 9.63. The number of nitro groups is 1. The molecule has 2 aromatic rings. The van der Waals surface area contributed by atoms with Crippen LogP contribution in [0.1, 0.15) is 13.3 Å². The van der Waals surface area contributed by atoms with E-state index >= 15 is 0 Å². The Balaban J connectivity index is 2.15. The van der Waals surface area contributed by atoms with E-state index in [1.807, 2.05) is 6.92 Å². The lowest BCUT2D eigenvalue weighted by molar-refractivity contribution is -0.382. The Morgan fingerprint density at radius 3 is 3.00 bits per heavy atom. The standard InChI is InChI=1S/C12H14N4O3S/c1-2-13-10(17)5-6-14-8-3-4-9-11(15-7-20-9)12(8)16(18)19/h3-4,7,14H,2,5-6H2,1H3,(H,13,17). The van der Waals surface area contributed by atoms with Crippen LogP contribution < -0.4 is 10.6 Å². The van der Waals surface area contributed by atoms with Crippen LogP contribution in [0.5, 0.6) is 0 Å². The van der Waals surface area contributed by atoms with Crippen LogP contribution in [0.4, 0.5) is 11.4 Å². The summed E-state index contributed by atoms with van der Waals surface area (Å²) in [4.78, 5) is 26.1. The summed E-state index contributed by atoms with van der Waals surface area (Å²) >= 11 is 1.36. The smallest absolute Gasteiger partial charge is 0.319 e. The summed E-state index contributed by atoms with van der Waals surface area (Å²) in [6, 6.07) is 3.44. The first-order valence-electron chi connectivity index (χ1n) is 6.14. The molecule has 0 aliphatic carbocycles. The zero-order chi connectivity index (χ0) is 14.5. The molecule has 7 nitrogen and oxygen atoms in total. The summed E-state index contributed by atoms with van der Waals surface area (Å²) < 4.78 is 0.769. The van der Waals surface area contributed by atoms with Crippen LogP contribution in [0.3, 0.4) is 0 Å². The molecule has 1 amide bonds. The Labute approximate surface area is 119 Å². The van der Waals surface area contributed by atoms with Crippen molar-refractivity contribution in [2.45, 2.75) is 13.3 Å². The highest BCUT2D eigenvalue weighted by Crippen LogP contribution is 2.34. The van der Waals surface area contributed by atoms with E-state index in [-0.39, 0.29) is 18.0 Å². The Morgan fingerprint density at radius 2 is 2.30 bits per heavy atom. The van der Waals surface area contributed by atoms with E-state index in [4.69, 9.17) is 0 Å². The third-order valence-corrected chi connectivity index (χ3v) is 3.49. The molecular weight excluding hydrogens is 280 g/mol. The molecule has 0 spiro atoms. The first kappa shape index (κ1) is 14.2. The number of rotatable bonds is 6. The normalized spacial score (nSPS) is 10.4. The fraction of sp³-hybridized carbons (Fsp3) is 0.333. The molecule has 20 heavy (non-hydrogen) atoms. The van der Waals surface area contributed by atoms with Gasteiger partial charge in [0.15, 0.2) is 5.52 Å². The van der Waals surface area contributed by atoms with Crippen LogP contribution in [0.15, 0.2) is 17.6 Å². The zero-order valence-electron chi connectivity index (χ0n) is 10.9. The molecule has 2 rings (SSSR count). The van der Waals surface area contributed by atoms with Crippen molar-refractivity contribution in [3.8, 4) is 0 Å². The topological polar surface area (TPSA) is 97.2 Å². The largest absolute Gasteiger partial charge is 0.379 e. The van der Waals surface area contributed by atoms with Gasteiger partial charge in [0.2, 0.25) is 5.91 Å². The number of carbonyl (C=O) groups excluding carboxylic acids is 1. The number of nitrogens with zero attached hydrogens (tertiary/aromatic N) is 2. The summed E-state index contributed by atoms with van der Waals surface area (Å²) in [7, 11) is 0. The summed E-state index contributed by atoms with van der Waals surface area (Å²) in [6.45, 7) is 2.75. The van der Waals surface area contributed by atoms with Crippen molar-refractivity contribution in [3.05, 3.63) is 27.8 Å². The average molecular weight is 294 g/mol. The molecule has 1 heterocycles. The maximum absolute atomic E-state index is 11.3. The van der Waals surface area contributed by atoms with Crippen molar-refractivity contribution in [2.24, 2.45) is 0 Å². The number of nitro benzene ring substituents is 1. The van der Waals surface area contributed by atoms with E-state index in [1.54, 1.807) is 17.6 Å². The third-order valence-electron chi connectivity index (χ3n) is 2.70. The fourth-order valence-electron chi connectivity index (χ4n) is 1.84. The van der Waals surface area contributed by atoms with Gasteiger partial charge in [-0.05, 0) is 19.1 Å². The van der Waals surface area contributed by atoms with E-state index in [2.05, 4.69) is 15.6 Å². The highest BCUT2D eigenvalue weighted by atomic mass is 32.1. The molecule has 1 aromatic carbocycles. The van der Waals surface area contributed by atoms with Crippen molar-refractivity contribution < 1.29 is 9.72 Å². The van der Waals surface area contributed by atoms with Gasteiger partial charge in [-0.15, -0.1) is 11.3 Å². The van der Waals surface area contributed by atoms with Gasteiger partial charge >= 0.3 is 5.69 Å². The lowest BCUT2D eigenvalue weighted by atomic mass is 10.2. The summed E-state index contributed by atoms with van der Waals surface area (Å²) in [5.74, 6) is -0.0858. The van der Waals surface area contributed by atoms with Crippen LogP contribution in [0.2, 0.25) is 0 Å². The predicted octanol–water partition coefficient (Wildman–Crippen LogP) is 2.14.